The Kier molecular flexibility index (Phi) is 6.14. The third-order valence-corrected chi connectivity index (χ3v) is 11.3. The van der Waals surface area contributed by atoms with E-state index in [4.69, 9.17) is 9.97 Å². The van der Waals surface area contributed by atoms with Gasteiger partial charge < -0.3 is 0 Å². The summed E-state index contributed by atoms with van der Waals surface area (Å²) < 4.78 is 0. The van der Waals surface area contributed by atoms with Crippen LogP contribution in [0.2, 0.25) is 0 Å². The van der Waals surface area contributed by atoms with Crippen LogP contribution in [-0.4, -0.2) is 16.6 Å². The number of benzene rings is 2. The first-order valence-electron chi connectivity index (χ1n) is 12.3. The second kappa shape index (κ2) is 8.42. The molecule has 4 aromatic rings. The van der Waals surface area contributed by atoms with E-state index in [0.29, 0.717) is 0 Å². The number of rotatable bonds is 2. The minimum absolute atomic E-state index is 0.663. The zero-order valence-corrected chi connectivity index (χ0v) is 24.2. The van der Waals surface area contributed by atoms with Crippen molar-refractivity contribution in [2.24, 2.45) is 0 Å². The number of hydrogen-bond acceptors (Lipinski definition) is 2. The van der Waals surface area contributed by atoms with Crippen molar-refractivity contribution in [1.82, 2.24) is 9.97 Å². The summed E-state index contributed by atoms with van der Waals surface area (Å²) in [5.41, 5.74) is 18.3. The van der Waals surface area contributed by atoms with Crippen molar-refractivity contribution in [3.05, 3.63) is 67.0 Å². The second-order valence-corrected chi connectivity index (χ2v) is 12.4. The van der Waals surface area contributed by atoms with Crippen LogP contribution in [0.25, 0.3) is 21.8 Å². The number of hydrogen-bond donors (Lipinski definition) is 0. The highest BCUT2D eigenvalue weighted by Crippen LogP contribution is 2.42. The van der Waals surface area contributed by atoms with E-state index < -0.39 is 7.92 Å². The number of pyridine rings is 2. The van der Waals surface area contributed by atoms with Gasteiger partial charge in [0.25, 0.3) is 0 Å². The molecule has 3 heteroatoms. The van der Waals surface area contributed by atoms with E-state index in [-0.39, 0.29) is 0 Å². The molecule has 0 radical (unpaired) electrons. The Morgan fingerprint density at radius 2 is 0.676 bits per heavy atom. The SMILES string of the molecule is Cc1nc2c(P(C)c3c(C)c(C)c(C)c4c(C)c(C)c(C)nc34)c(C)c(C)c(C)c2c(C)c1C. The van der Waals surface area contributed by atoms with Crippen LogP contribution in [-0.2, 0) is 0 Å². The van der Waals surface area contributed by atoms with Gasteiger partial charge in [-0.25, -0.2) is 0 Å². The van der Waals surface area contributed by atoms with Gasteiger partial charge in [0, 0.05) is 32.8 Å². The molecule has 0 saturated heterocycles. The highest BCUT2D eigenvalue weighted by molar-refractivity contribution is 7.73. The minimum atomic E-state index is -0.663. The van der Waals surface area contributed by atoms with Gasteiger partial charge in [0.15, 0.2) is 0 Å². The summed E-state index contributed by atoms with van der Waals surface area (Å²) in [6, 6.07) is 0. The molecule has 2 aromatic heterocycles. The largest absolute Gasteiger partial charge is 0.252 e. The lowest BCUT2D eigenvalue weighted by Gasteiger charge is -2.27. The van der Waals surface area contributed by atoms with Crippen molar-refractivity contribution < 1.29 is 0 Å². The smallest absolute Gasteiger partial charge is 0.0793 e. The maximum atomic E-state index is 5.24. The summed E-state index contributed by atoms with van der Waals surface area (Å²) in [7, 11) is -0.663. The van der Waals surface area contributed by atoms with E-state index in [9.17, 15) is 0 Å². The lowest BCUT2D eigenvalue weighted by Crippen LogP contribution is -2.23. The Hall–Kier alpha value is -2.31. The molecule has 0 N–H and O–H groups in total. The summed E-state index contributed by atoms with van der Waals surface area (Å²) in [5.74, 6) is 0. The maximum Gasteiger partial charge on any atom is 0.0793 e. The lowest BCUT2D eigenvalue weighted by atomic mass is 9.93. The molecule has 178 valence electrons. The molecule has 0 unspecified atom stereocenters. The Balaban J connectivity index is 2.22. The molecule has 0 atom stereocenters. The first kappa shape index (κ1) is 24.8. The van der Waals surface area contributed by atoms with Crippen molar-refractivity contribution >= 4 is 40.3 Å². The van der Waals surface area contributed by atoms with Crippen LogP contribution in [0.1, 0.15) is 67.0 Å². The van der Waals surface area contributed by atoms with Crippen molar-refractivity contribution in [2.45, 2.75) is 83.1 Å². The van der Waals surface area contributed by atoms with Crippen LogP contribution in [0.5, 0.6) is 0 Å². The highest BCUT2D eigenvalue weighted by atomic mass is 31.1. The maximum absolute atomic E-state index is 5.24. The molecule has 0 aliphatic carbocycles. The molecule has 0 bridgehead atoms. The molecule has 0 fully saturated rings. The summed E-state index contributed by atoms with van der Waals surface area (Å²) in [6.07, 6.45) is 0. The van der Waals surface area contributed by atoms with E-state index in [2.05, 4.69) is 89.7 Å². The quantitative estimate of drug-likeness (QED) is 0.283. The standard InChI is InChI=1S/C31H39N2P/c1-14-18(5)26-20(7)16(3)24(11)32-28(26)30(22(14)9)34(13)31-23(10)15(2)19(6)27-21(8)17(4)25(12)33-29(27)31/h1-13H3. The lowest BCUT2D eigenvalue weighted by molar-refractivity contribution is 1.16. The minimum Gasteiger partial charge on any atom is -0.252 e. The van der Waals surface area contributed by atoms with Crippen LogP contribution in [0.4, 0.5) is 0 Å². The fraction of sp³-hybridized carbons (Fsp3) is 0.419. The number of nitrogens with zero attached hydrogens (tertiary/aromatic N) is 2. The molecule has 2 heterocycles. The van der Waals surface area contributed by atoms with Crippen LogP contribution < -0.4 is 10.6 Å². The highest BCUT2D eigenvalue weighted by Gasteiger charge is 2.26. The molecular weight excluding hydrogens is 431 g/mol. The van der Waals surface area contributed by atoms with E-state index in [1.807, 2.05) is 0 Å². The molecular formula is C31H39N2P. The molecule has 4 rings (SSSR count). The topological polar surface area (TPSA) is 25.8 Å². The Bertz CT molecular complexity index is 1390. The fourth-order valence-electron chi connectivity index (χ4n) is 5.73. The molecule has 0 aliphatic heterocycles. The van der Waals surface area contributed by atoms with Crippen molar-refractivity contribution in [3.8, 4) is 0 Å². The zero-order chi connectivity index (χ0) is 25.4. The van der Waals surface area contributed by atoms with Gasteiger partial charge in [-0.3, -0.25) is 9.97 Å². The van der Waals surface area contributed by atoms with Gasteiger partial charge in [0.05, 0.1) is 11.0 Å². The van der Waals surface area contributed by atoms with Crippen LogP contribution in [0, 0.1) is 83.1 Å². The first-order chi connectivity index (χ1) is 15.8. The Morgan fingerprint density at radius 1 is 0.382 bits per heavy atom. The predicted octanol–water partition coefficient (Wildman–Crippen LogP) is 7.55. The van der Waals surface area contributed by atoms with Crippen LogP contribution >= 0.6 is 7.92 Å². The number of fused-ring (bicyclic) bond motifs is 2. The zero-order valence-electron chi connectivity index (χ0n) is 23.3. The van der Waals surface area contributed by atoms with Crippen molar-refractivity contribution in [1.29, 1.82) is 0 Å². The summed E-state index contributed by atoms with van der Waals surface area (Å²) >= 11 is 0. The molecule has 0 saturated carbocycles. The van der Waals surface area contributed by atoms with Gasteiger partial charge in [0.2, 0.25) is 0 Å². The average molecular weight is 471 g/mol. The molecule has 2 aromatic carbocycles. The summed E-state index contributed by atoms with van der Waals surface area (Å²) in [4.78, 5) is 10.5. The molecule has 2 nitrogen and oxygen atoms in total. The third-order valence-electron chi connectivity index (χ3n) is 8.82. The average Bonchev–Trinajstić information content (AvgIpc) is 2.78. The molecule has 0 aliphatic rings. The predicted molar refractivity (Wildman–Crippen MR) is 152 cm³/mol. The molecule has 34 heavy (non-hydrogen) atoms. The summed E-state index contributed by atoms with van der Waals surface area (Å²) in [6.45, 7) is 29.4. The van der Waals surface area contributed by atoms with Gasteiger partial charge in [0.1, 0.15) is 0 Å². The van der Waals surface area contributed by atoms with Gasteiger partial charge >= 0.3 is 0 Å². The van der Waals surface area contributed by atoms with Gasteiger partial charge in [-0.05, 0) is 153 Å². The summed E-state index contributed by atoms with van der Waals surface area (Å²) in [5, 5.41) is 5.53. The van der Waals surface area contributed by atoms with E-state index >= 15 is 0 Å². The van der Waals surface area contributed by atoms with Gasteiger partial charge in [-0.1, -0.05) is 0 Å². The molecule has 0 amide bonds. The van der Waals surface area contributed by atoms with E-state index in [0.717, 1.165) is 11.4 Å². The molecule has 0 spiro atoms. The Morgan fingerprint density at radius 3 is 1.00 bits per heavy atom. The number of aromatic nitrogens is 2. The third kappa shape index (κ3) is 3.33. The van der Waals surface area contributed by atoms with Crippen molar-refractivity contribution in [2.75, 3.05) is 6.66 Å². The van der Waals surface area contributed by atoms with Crippen molar-refractivity contribution in [3.63, 3.8) is 0 Å². The van der Waals surface area contributed by atoms with E-state index in [1.165, 1.54) is 88.0 Å². The Labute approximate surface area is 207 Å². The first-order valence-corrected chi connectivity index (χ1v) is 14.1. The van der Waals surface area contributed by atoms with Crippen LogP contribution in [0.15, 0.2) is 0 Å². The van der Waals surface area contributed by atoms with Gasteiger partial charge in [-0.15, -0.1) is 0 Å². The normalized spacial score (nSPS) is 11.9. The number of aryl methyl sites for hydroxylation is 6. The van der Waals surface area contributed by atoms with Crippen LogP contribution in [0.3, 0.4) is 0 Å². The van der Waals surface area contributed by atoms with E-state index in [1.54, 1.807) is 0 Å². The monoisotopic (exact) mass is 470 g/mol. The van der Waals surface area contributed by atoms with Gasteiger partial charge in [-0.2, -0.15) is 0 Å². The second-order valence-electron chi connectivity index (χ2n) is 10.3. The fourth-order valence-corrected chi connectivity index (χ4v) is 8.25.